The van der Waals surface area contributed by atoms with Gasteiger partial charge in [0.25, 0.3) is 0 Å². The van der Waals surface area contributed by atoms with Gasteiger partial charge in [0, 0.05) is 19.1 Å². The first-order chi connectivity index (χ1) is 5.77. The Morgan fingerprint density at radius 1 is 1.67 bits per heavy atom. The van der Waals surface area contributed by atoms with Gasteiger partial charge in [-0.05, 0) is 25.3 Å². The lowest BCUT2D eigenvalue weighted by Crippen LogP contribution is -2.34. The van der Waals surface area contributed by atoms with Crippen LogP contribution in [0.5, 0.6) is 0 Å². The van der Waals surface area contributed by atoms with Gasteiger partial charge in [-0.3, -0.25) is 4.90 Å². The standard InChI is InChI=1S/C8H14N2O2/c11-8(12)9-2-4-10-3-1-6-5-7(6)10/h6-7,9H,1-5H2,(H,11,12). The summed E-state index contributed by atoms with van der Waals surface area (Å²) in [5, 5.41) is 10.7. The van der Waals surface area contributed by atoms with E-state index in [1.54, 1.807) is 0 Å². The summed E-state index contributed by atoms with van der Waals surface area (Å²) in [5.41, 5.74) is 0. The van der Waals surface area contributed by atoms with Crippen molar-refractivity contribution in [1.82, 2.24) is 10.2 Å². The van der Waals surface area contributed by atoms with Gasteiger partial charge in [-0.25, -0.2) is 4.79 Å². The molecule has 0 bridgehead atoms. The summed E-state index contributed by atoms with van der Waals surface area (Å²) < 4.78 is 0. The van der Waals surface area contributed by atoms with Crippen molar-refractivity contribution in [3.05, 3.63) is 0 Å². The van der Waals surface area contributed by atoms with Crippen LogP contribution in [0, 0.1) is 5.92 Å². The van der Waals surface area contributed by atoms with E-state index in [-0.39, 0.29) is 0 Å². The molecule has 0 aromatic heterocycles. The summed E-state index contributed by atoms with van der Waals surface area (Å²) in [6, 6.07) is 0.792. The number of carbonyl (C=O) groups is 1. The summed E-state index contributed by atoms with van der Waals surface area (Å²) in [4.78, 5) is 12.5. The molecule has 0 aromatic carbocycles. The molecule has 12 heavy (non-hydrogen) atoms. The highest BCUT2D eigenvalue weighted by atomic mass is 16.4. The molecule has 2 unspecified atom stereocenters. The van der Waals surface area contributed by atoms with Crippen molar-refractivity contribution in [2.24, 2.45) is 5.92 Å². The topological polar surface area (TPSA) is 52.6 Å². The maximum absolute atomic E-state index is 10.1. The predicted octanol–water partition coefficient (Wildman–Crippen LogP) is 0.348. The van der Waals surface area contributed by atoms with Gasteiger partial charge in [-0.15, -0.1) is 0 Å². The summed E-state index contributed by atoms with van der Waals surface area (Å²) in [5.74, 6) is 0.940. The second-order valence-corrected chi connectivity index (χ2v) is 3.62. The zero-order chi connectivity index (χ0) is 8.55. The van der Waals surface area contributed by atoms with E-state index >= 15 is 0 Å². The third kappa shape index (κ3) is 1.53. The highest BCUT2D eigenvalue weighted by molar-refractivity contribution is 5.64. The molecule has 0 radical (unpaired) electrons. The number of hydrogen-bond donors (Lipinski definition) is 2. The van der Waals surface area contributed by atoms with Gasteiger partial charge in [0.05, 0.1) is 0 Å². The molecule has 68 valence electrons. The number of hydrogen-bond acceptors (Lipinski definition) is 2. The quantitative estimate of drug-likeness (QED) is 0.642. The van der Waals surface area contributed by atoms with Crippen molar-refractivity contribution in [3.63, 3.8) is 0 Å². The number of likely N-dealkylation sites (tertiary alicyclic amines) is 1. The first kappa shape index (κ1) is 7.86. The molecule has 4 nitrogen and oxygen atoms in total. The molecule has 1 aliphatic carbocycles. The lowest BCUT2D eigenvalue weighted by atomic mass is 10.3. The zero-order valence-electron chi connectivity index (χ0n) is 6.99. The van der Waals surface area contributed by atoms with Gasteiger partial charge >= 0.3 is 6.09 Å². The summed E-state index contributed by atoms with van der Waals surface area (Å²) in [6.07, 6.45) is 1.74. The Hall–Kier alpha value is -0.770. The van der Waals surface area contributed by atoms with Crippen molar-refractivity contribution in [2.75, 3.05) is 19.6 Å². The van der Waals surface area contributed by atoms with Crippen molar-refractivity contribution in [2.45, 2.75) is 18.9 Å². The second-order valence-electron chi connectivity index (χ2n) is 3.62. The van der Waals surface area contributed by atoms with Crippen molar-refractivity contribution >= 4 is 6.09 Å². The smallest absolute Gasteiger partial charge is 0.404 e. The molecule has 2 fully saturated rings. The fourth-order valence-corrected chi connectivity index (χ4v) is 2.07. The normalized spacial score (nSPS) is 33.0. The molecule has 1 heterocycles. The Labute approximate surface area is 71.5 Å². The van der Waals surface area contributed by atoms with Crippen LogP contribution in [-0.4, -0.2) is 41.8 Å². The molecule has 0 aromatic rings. The average Bonchev–Trinajstić information content (AvgIpc) is 2.68. The van der Waals surface area contributed by atoms with Crippen LogP contribution < -0.4 is 5.32 Å². The lowest BCUT2D eigenvalue weighted by molar-refractivity contribution is 0.191. The molecule has 2 atom stereocenters. The largest absolute Gasteiger partial charge is 0.465 e. The molecule has 1 saturated heterocycles. The van der Waals surface area contributed by atoms with E-state index in [0.29, 0.717) is 6.54 Å². The van der Waals surface area contributed by atoms with Crippen LogP contribution in [0.3, 0.4) is 0 Å². The SMILES string of the molecule is O=C(O)NCCN1CCC2CC21. The highest BCUT2D eigenvalue weighted by Crippen LogP contribution is 2.43. The second kappa shape index (κ2) is 2.94. The highest BCUT2D eigenvalue weighted by Gasteiger charge is 2.46. The summed E-state index contributed by atoms with van der Waals surface area (Å²) in [7, 11) is 0. The molecular formula is C8H14N2O2. The van der Waals surface area contributed by atoms with Crippen LogP contribution in [0.2, 0.25) is 0 Å². The number of amides is 1. The van der Waals surface area contributed by atoms with Gasteiger partial charge in [-0.2, -0.15) is 0 Å². The van der Waals surface area contributed by atoms with E-state index in [0.717, 1.165) is 25.0 Å². The van der Waals surface area contributed by atoms with Crippen LogP contribution >= 0.6 is 0 Å². The number of carboxylic acid groups (broad SMARTS) is 1. The Morgan fingerprint density at radius 2 is 2.50 bits per heavy atom. The molecule has 2 rings (SSSR count). The molecular weight excluding hydrogens is 156 g/mol. The van der Waals surface area contributed by atoms with E-state index < -0.39 is 6.09 Å². The van der Waals surface area contributed by atoms with Crippen LogP contribution in [0.15, 0.2) is 0 Å². The number of piperidine rings is 1. The van der Waals surface area contributed by atoms with Crippen LogP contribution in [0.25, 0.3) is 0 Å². The monoisotopic (exact) mass is 170 g/mol. The Balaban J connectivity index is 1.63. The minimum absolute atomic E-state index is 0.568. The third-order valence-electron chi connectivity index (χ3n) is 2.82. The Kier molecular flexibility index (Phi) is 1.92. The van der Waals surface area contributed by atoms with Gasteiger partial charge in [0.1, 0.15) is 0 Å². The Bertz CT molecular complexity index is 195. The fourth-order valence-electron chi connectivity index (χ4n) is 2.07. The number of fused-ring (bicyclic) bond motifs is 1. The number of nitrogens with one attached hydrogen (secondary N) is 1. The van der Waals surface area contributed by atoms with Crippen molar-refractivity contribution in [3.8, 4) is 0 Å². The fraction of sp³-hybridized carbons (Fsp3) is 0.875. The van der Waals surface area contributed by atoms with E-state index in [1.807, 2.05) is 0 Å². The van der Waals surface area contributed by atoms with Gasteiger partial charge < -0.3 is 10.4 Å². The molecule has 4 heteroatoms. The zero-order valence-corrected chi connectivity index (χ0v) is 6.99. The summed E-state index contributed by atoms with van der Waals surface area (Å²) in [6.45, 7) is 2.61. The van der Waals surface area contributed by atoms with Crippen LogP contribution in [0.1, 0.15) is 12.8 Å². The lowest BCUT2D eigenvalue weighted by Gasteiger charge is -2.16. The number of nitrogens with zero attached hydrogens (tertiary/aromatic N) is 1. The Morgan fingerprint density at radius 3 is 3.00 bits per heavy atom. The third-order valence-corrected chi connectivity index (χ3v) is 2.82. The van der Waals surface area contributed by atoms with Crippen molar-refractivity contribution in [1.29, 1.82) is 0 Å². The van der Waals surface area contributed by atoms with Gasteiger partial charge in [0.2, 0.25) is 0 Å². The van der Waals surface area contributed by atoms with E-state index in [1.165, 1.54) is 12.8 Å². The van der Waals surface area contributed by atoms with Gasteiger partial charge in [0.15, 0.2) is 0 Å². The molecule has 2 N–H and O–H groups in total. The van der Waals surface area contributed by atoms with Crippen LogP contribution in [0.4, 0.5) is 4.79 Å². The van der Waals surface area contributed by atoms with Crippen LogP contribution in [-0.2, 0) is 0 Å². The predicted molar refractivity (Wildman–Crippen MR) is 44.1 cm³/mol. The molecule has 1 aliphatic heterocycles. The van der Waals surface area contributed by atoms with Gasteiger partial charge in [-0.1, -0.05) is 0 Å². The molecule has 0 spiro atoms. The molecule has 1 amide bonds. The molecule has 1 saturated carbocycles. The maximum atomic E-state index is 10.1. The summed E-state index contributed by atoms with van der Waals surface area (Å²) >= 11 is 0. The molecule has 2 aliphatic rings. The minimum atomic E-state index is -0.915. The van der Waals surface area contributed by atoms with E-state index in [2.05, 4.69) is 10.2 Å². The maximum Gasteiger partial charge on any atom is 0.404 e. The first-order valence-corrected chi connectivity index (χ1v) is 4.48. The van der Waals surface area contributed by atoms with E-state index in [9.17, 15) is 4.79 Å². The van der Waals surface area contributed by atoms with Crippen molar-refractivity contribution < 1.29 is 9.90 Å². The first-order valence-electron chi connectivity index (χ1n) is 4.48. The number of rotatable bonds is 3. The van der Waals surface area contributed by atoms with E-state index in [4.69, 9.17) is 5.11 Å². The minimum Gasteiger partial charge on any atom is -0.465 e. The average molecular weight is 170 g/mol.